The van der Waals surface area contributed by atoms with E-state index in [9.17, 15) is 9.18 Å². The molecule has 20 heavy (non-hydrogen) atoms. The lowest BCUT2D eigenvalue weighted by Gasteiger charge is -2.05. The molecular weight excluding hydrogens is 259 g/mol. The van der Waals surface area contributed by atoms with E-state index < -0.39 is 0 Å². The quantitative estimate of drug-likeness (QED) is 0.912. The van der Waals surface area contributed by atoms with Gasteiger partial charge in [-0.25, -0.2) is 9.37 Å². The fourth-order valence-corrected chi connectivity index (χ4v) is 1.98. The Morgan fingerprint density at radius 2 is 2.10 bits per heavy atom. The van der Waals surface area contributed by atoms with Gasteiger partial charge in [-0.05, 0) is 25.0 Å². The van der Waals surface area contributed by atoms with Gasteiger partial charge in [-0.2, -0.15) is 0 Å². The van der Waals surface area contributed by atoms with Crippen LogP contribution in [0.1, 0.15) is 22.9 Å². The summed E-state index contributed by atoms with van der Waals surface area (Å²) in [4.78, 5) is 15.9. The van der Waals surface area contributed by atoms with Crippen LogP contribution in [0.5, 0.6) is 0 Å². The second-order valence-electron chi connectivity index (χ2n) is 4.61. The van der Waals surface area contributed by atoms with Crippen molar-refractivity contribution in [3.63, 3.8) is 0 Å². The number of hydrogen-bond donors (Lipinski definition) is 1. The molecule has 1 aromatic carbocycles. The number of nitrogens with one attached hydrogen (secondary N) is 1. The van der Waals surface area contributed by atoms with E-state index in [0.29, 0.717) is 30.2 Å². The van der Waals surface area contributed by atoms with E-state index >= 15 is 0 Å². The zero-order valence-corrected chi connectivity index (χ0v) is 11.6. The molecule has 0 saturated heterocycles. The van der Waals surface area contributed by atoms with Gasteiger partial charge in [0.25, 0.3) is 0 Å². The Hall–Kier alpha value is -2.17. The van der Waals surface area contributed by atoms with Crippen molar-refractivity contribution in [2.45, 2.75) is 26.7 Å². The lowest BCUT2D eigenvalue weighted by Crippen LogP contribution is -2.27. The van der Waals surface area contributed by atoms with E-state index in [1.807, 2.05) is 0 Å². The lowest BCUT2D eigenvalue weighted by atomic mass is 10.1. The second-order valence-corrected chi connectivity index (χ2v) is 4.61. The summed E-state index contributed by atoms with van der Waals surface area (Å²) in [6, 6.07) is 6.55. The Labute approximate surface area is 117 Å². The molecule has 0 unspecified atom stereocenters. The van der Waals surface area contributed by atoms with Gasteiger partial charge in [0.15, 0.2) is 5.89 Å². The Morgan fingerprint density at radius 1 is 1.35 bits per heavy atom. The molecule has 1 amide bonds. The zero-order valence-electron chi connectivity index (χ0n) is 11.6. The van der Waals surface area contributed by atoms with Gasteiger partial charge in [0.2, 0.25) is 5.91 Å². The molecule has 0 aliphatic heterocycles. The number of carbonyl (C=O) groups is 1. The van der Waals surface area contributed by atoms with Crippen molar-refractivity contribution in [3.8, 4) is 0 Å². The third-order valence-electron chi connectivity index (χ3n) is 3.00. The van der Waals surface area contributed by atoms with Gasteiger partial charge < -0.3 is 9.73 Å². The second kappa shape index (κ2) is 6.32. The predicted octanol–water partition coefficient (Wildman–Crippen LogP) is 2.33. The molecule has 0 aliphatic carbocycles. The normalized spacial score (nSPS) is 10.6. The summed E-state index contributed by atoms with van der Waals surface area (Å²) < 4.78 is 18.7. The number of aryl methyl sites for hydroxylation is 2. The molecule has 1 heterocycles. The molecule has 1 aromatic heterocycles. The molecule has 0 aliphatic rings. The predicted molar refractivity (Wildman–Crippen MR) is 72.8 cm³/mol. The van der Waals surface area contributed by atoms with Gasteiger partial charge in [0, 0.05) is 13.5 Å². The molecule has 2 aromatic rings. The minimum atomic E-state index is -0.247. The first-order valence-corrected chi connectivity index (χ1v) is 6.49. The number of oxazole rings is 1. The number of nitrogens with zero attached hydrogens (tertiary/aromatic N) is 1. The first-order valence-electron chi connectivity index (χ1n) is 6.49. The zero-order chi connectivity index (χ0) is 14.5. The van der Waals surface area contributed by atoms with Gasteiger partial charge in [-0.1, -0.05) is 18.2 Å². The maximum Gasteiger partial charge on any atom is 0.227 e. The number of aromatic nitrogens is 1. The minimum Gasteiger partial charge on any atom is -0.445 e. The molecule has 106 valence electrons. The highest BCUT2D eigenvalue weighted by Gasteiger charge is 2.11. The number of amides is 1. The van der Waals surface area contributed by atoms with Crippen molar-refractivity contribution in [2.24, 2.45) is 0 Å². The summed E-state index contributed by atoms with van der Waals surface area (Å²) >= 11 is 0. The highest BCUT2D eigenvalue weighted by Crippen LogP contribution is 2.10. The van der Waals surface area contributed by atoms with Crippen molar-refractivity contribution < 1.29 is 13.6 Å². The molecule has 0 saturated carbocycles. The van der Waals surface area contributed by atoms with Crippen LogP contribution in [0.4, 0.5) is 4.39 Å². The van der Waals surface area contributed by atoms with E-state index in [0.717, 1.165) is 5.69 Å². The molecule has 0 fully saturated rings. The van der Waals surface area contributed by atoms with Gasteiger partial charge >= 0.3 is 0 Å². The fourth-order valence-electron chi connectivity index (χ4n) is 1.98. The Kier molecular flexibility index (Phi) is 4.50. The Balaban J connectivity index is 1.81. The highest BCUT2D eigenvalue weighted by molar-refractivity contribution is 5.78. The SMILES string of the molecule is Cc1nc(C)c(CC(=O)NCCc2ccccc2F)o1. The van der Waals surface area contributed by atoms with Gasteiger partial charge in [-0.3, -0.25) is 4.79 Å². The summed E-state index contributed by atoms with van der Waals surface area (Å²) in [6.45, 7) is 3.94. The summed E-state index contributed by atoms with van der Waals surface area (Å²) in [7, 11) is 0. The van der Waals surface area contributed by atoms with Crippen molar-refractivity contribution in [1.82, 2.24) is 10.3 Å². The van der Waals surface area contributed by atoms with Crippen LogP contribution in [0.25, 0.3) is 0 Å². The molecule has 0 spiro atoms. The molecular formula is C15H17FN2O2. The maximum absolute atomic E-state index is 13.4. The Bertz CT molecular complexity index is 608. The largest absolute Gasteiger partial charge is 0.445 e. The number of carbonyl (C=O) groups excluding carboxylic acids is 1. The third kappa shape index (κ3) is 3.66. The van der Waals surface area contributed by atoms with Crippen LogP contribution in [0.3, 0.4) is 0 Å². The molecule has 5 heteroatoms. The van der Waals surface area contributed by atoms with Crippen LogP contribution in [0, 0.1) is 19.7 Å². The molecule has 2 rings (SSSR count). The summed E-state index contributed by atoms with van der Waals surface area (Å²) in [6.07, 6.45) is 0.622. The van der Waals surface area contributed by atoms with Crippen LogP contribution >= 0.6 is 0 Å². The summed E-state index contributed by atoms with van der Waals surface area (Å²) in [5.74, 6) is 0.728. The van der Waals surface area contributed by atoms with Crippen molar-refractivity contribution in [3.05, 3.63) is 53.0 Å². The minimum absolute atomic E-state index is 0.152. The van der Waals surface area contributed by atoms with Crippen LogP contribution in [0.15, 0.2) is 28.7 Å². The fraction of sp³-hybridized carbons (Fsp3) is 0.333. The van der Waals surface area contributed by atoms with E-state index in [1.54, 1.807) is 32.0 Å². The lowest BCUT2D eigenvalue weighted by molar-refractivity contribution is -0.120. The molecule has 4 nitrogen and oxygen atoms in total. The summed E-state index contributed by atoms with van der Waals surface area (Å²) in [5, 5.41) is 2.75. The van der Waals surface area contributed by atoms with E-state index in [2.05, 4.69) is 10.3 Å². The first-order chi connectivity index (χ1) is 9.56. The molecule has 0 bridgehead atoms. The summed E-state index contributed by atoms with van der Waals surface area (Å²) in [5.41, 5.74) is 1.33. The number of halogens is 1. The van der Waals surface area contributed by atoms with Crippen molar-refractivity contribution >= 4 is 5.91 Å². The molecule has 1 N–H and O–H groups in total. The van der Waals surface area contributed by atoms with Crippen LogP contribution in [0.2, 0.25) is 0 Å². The van der Waals surface area contributed by atoms with E-state index in [1.165, 1.54) is 6.07 Å². The van der Waals surface area contributed by atoms with Gasteiger partial charge in [0.05, 0.1) is 12.1 Å². The van der Waals surface area contributed by atoms with Crippen LogP contribution in [-0.2, 0) is 17.6 Å². The van der Waals surface area contributed by atoms with Crippen molar-refractivity contribution in [2.75, 3.05) is 6.54 Å². The molecule has 0 radical (unpaired) electrons. The van der Waals surface area contributed by atoms with E-state index in [4.69, 9.17) is 4.42 Å². The third-order valence-corrected chi connectivity index (χ3v) is 3.00. The smallest absolute Gasteiger partial charge is 0.227 e. The topological polar surface area (TPSA) is 55.1 Å². The monoisotopic (exact) mass is 276 g/mol. The average Bonchev–Trinajstić information content (AvgIpc) is 2.70. The maximum atomic E-state index is 13.4. The van der Waals surface area contributed by atoms with Crippen LogP contribution in [-0.4, -0.2) is 17.4 Å². The first kappa shape index (κ1) is 14.2. The van der Waals surface area contributed by atoms with Crippen LogP contribution < -0.4 is 5.32 Å². The van der Waals surface area contributed by atoms with E-state index in [-0.39, 0.29) is 18.1 Å². The van der Waals surface area contributed by atoms with Gasteiger partial charge in [-0.15, -0.1) is 0 Å². The molecule has 0 atom stereocenters. The highest BCUT2D eigenvalue weighted by atomic mass is 19.1. The number of hydrogen-bond acceptors (Lipinski definition) is 3. The Morgan fingerprint density at radius 3 is 2.75 bits per heavy atom. The van der Waals surface area contributed by atoms with Gasteiger partial charge in [0.1, 0.15) is 11.6 Å². The standard InChI is InChI=1S/C15H17FN2O2/c1-10-14(20-11(2)18-10)9-15(19)17-8-7-12-5-3-4-6-13(12)16/h3-6H,7-9H2,1-2H3,(H,17,19). The average molecular weight is 276 g/mol. The van der Waals surface area contributed by atoms with Crippen molar-refractivity contribution in [1.29, 1.82) is 0 Å². The number of rotatable bonds is 5. The number of benzene rings is 1.